The number of carbonyl (C=O) groups excluding carboxylic acids is 1. The lowest BCUT2D eigenvalue weighted by Gasteiger charge is -2.17. The largest absolute Gasteiger partial charge is 0.296 e. The van der Waals surface area contributed by atoms with Crippen LogP contribution in [0, 0.1) is 11.6 Å². The van der Waals surface area contributed by atoms with Crippen molar-refractivity contribution in [2.24, 2.45) is 0 Å². The molecular weight excluding hydrogens is 348 g/mol. The van der Waals surface area contributed by atoms with Crippen molar-refractivity contribution < 1.29 is 13.6 Å². The quantitative estimate of drug-likeness (QED) is 0.770. The molecule has 2 heterocycles. The average molecular weight is 363 g/mol. The normalized spacial score (nSPS) is 11.6. The summed E-state index contributed by atoms with van der Waals surface area (Å²) < 4.78 is 27.9. The zero-order valence-corrected chi connectivity index (χ0v) is 14.6. The maximum absolute atomic E-state index is 13.3. The Hall–Kier alpha value is -2.68. The van der Waals surface area contributed by atoms with Gasteiger partial charge in [-0.2, -0.15) is 0 Å². The number of nitrogens with one attached hydrogen (secondary N) is 1. The van der Waals surface area contributed by atoms with Gasteiger partial charge in [0.05, 0.1) is 17.4 Å². The van der Waals surface area contributed by atoms with Gasteiger partial charge in [0.2, 0.25) is 0 Å². The maximum atomic E-state index is 13.3. The molecule has 3 aromatic rings. The van der Waals surface area contributed by atoms with Crippen LogP contribution in [0.3, 0.4) is 0 Å². The molecule has 3 rings (SSSR count). The number of nitrogens with zero attached hydrogens (tertiary/aromatic N) is 4. The number of hydrogen-bond acceptors (Lipinski definition) is 5. The predicted molar refractivity (Wildman–Crippen MR) is 90.4 cm³/mol. The van der Waals surface area contributed by atoms with E-state index in [-0.39, 0.29) is 11.2 Å². The second-order valence-electron chi connectivity index (χ2n) is 6.34. The van der Waals surface area contributed by atoms with Crippen LogP contribution in [-0.2, 0) is 5.54 Å². The molecule has 9 heteroatoms. The van der Waals surface area contributed by atoms with Crippen molar-refractivity contribution in [2.75, 3.05) is 5.32 Å². The van der Waals surface area contributed by atoms with Crippen LogP contribution in [0.1, 0.15) is 31.3 Å². The lowest BCUT2D eigenvalue weighted by atomic mass is 10.1. The number of aromatic nitrogens is 4. The van der Waals surface area contributed by atoms with Gasteiger partial charge in [-0.25, -0.2) is 18.4 Å². The second-order valence-corrected chi connectivity index (χ2v) is 7.20. The van der Waals surface area contributed by atoms with Gasteiger partial charge in [0.15, 0.2) is 22.5 Å². The molecule has 0 bridgehead atoms. The molecule has 0 fully saturated rings. The lowest BCUT2D eigenvalue weighted by molar-refractivity contribution is 0.102. The summed E-state index contributed by atoms with van der Waals surface area (Å²) >= 11 is 1.18. The van der Waals surface area contributed by atoms with Gasteiger partial charge in [0.25, 0.3) is 5.91 Å². The van der Waals surface area contributed by atoms with Crippen molar-refractivity contribution in [1.29, 1.82) is 0 Å². The third kappa shape index (κ3) is 3.71. The van der Waals surface area contributed by atoms with Gasteiger partial charge < -0.3 is 0 Å². The molecule has 1 N–H and O–H groups in total. The minimum atomic E-state index is -0.949. The van der Waals surface area contributed by atoms with E-state index in [2.05, 4.69) is 20.6 Å². The summed E-state index contributed by atoms with van der Waals surface area (Å²) in [6, 6.07) is 3.52. The molecule has 0 aliphatic carbocycles. The van der Waals surface area contributed by atoms with Crippen LogP contribution in [0.25, 0.3) is 11.3 Å². The van der Waals surface area contributed by atoms with E-state index >= 15 is 0 Å². The van der Waals surface area contributed by atoms with Crippen LogP contribution in [0.15, 0.2) is 29.8 Å². The smallest absolute Gasteiger partial charge is 0.279 e. The van der Waals surface area contributed by atoms with E-state index in [0.717, 1.165) is 12.1 Å². The van der Waals surface area contributed by atoms with E-state index in [1.54, 1.807) is 16.3 Å². The molecular formula is C16H15F2N5OS. The standard InChI is InChI=1S/C16H15F2N5OS/c1-16(2,3)23-7-12(21-22-23)14(24)20-15-19-13(8-25-15)9-4-5-10(17)11(18)6-9/h4-8H,1-3H3,(H,19,20,24). The highest BCUT2D eigenvalue weighted by Crippen LogP contribution is 2.26. The van der Waals surface area contributed by atoms with Gasteiger partial charge in [-0.15, -0.1) is 16.4 Å². The Morgan fingerprint density at radius 3 is 2.64 bits per heavy atom. The summed E-state index contributed by atoms with van der Waals surface area (Å²) in [5.41, 5.74) is 0.748. The molecule has 0 radical (unpaired) electrons. The highest BCUT2D eigenvalue weighted by atomic mass is 32.1. The lowest BCUT2D eigenvalue weighted by Crippen LogP contribution is -2.22. The topological polar surface area (TPSA) is 72.7 Å². The van der Waals surface area contributed by atoms with E-state index in [1.165, 1.54) is 17.4 Å². The van der Waals surface area contributed by atoms with Crippen molar-refractivity contribution in [3.63, 3.8) is 0 Å². The fourth-order valence-electron chi connectivity index (χ4n) is 1.98. The SMILES string of the molecule is CC(C)(C)n1cc(C(=O)Nc2nc(-c3ccc(F)c(F)c3)cs2)nn1. The minimum absolute atomic E-state index is 0.166. The Morgan fingerprint density at radius 2 is 2.00 bits per heavy atom. The summed E-state index contributed by atoms with van der Waals surface area (Å²) in [6.07, 6.45) is 1.55. The van der Waals surface area contributed by atoms with E-state index in [4.69, 9.17) is 0 Å². The van der Waals surface area contributed by atoms with Crippen molar-refractivity contribution in [2.45, 2.75) is 26.3 Å². The fraction of sp³-hybridized carbons (Fsp3) is 0.250. The number of thiazole rings is 1. The van der Waals surface area contributed by atoms with E-state index in [0.29, 0.717) is 16.4 Å². The third-order valence-electron chi connectivity index (χ3n) is 3.35. The first-order chi connectivity index (χ1) is 11.7. The molecule has 0 atom stereocenters. The molecule has 0 spiro atoms. The number of halogens is 2. The van der Waals surface area contributed by atoms with Crippen LogP contribution >= 0.6 is 11.3 Å². The molecule has 25 heavy (non-hydrogen) atoms. The summed E-state index contributed by atoms with van der Waals surface area (Å²) in [6.45, 7) is 5.83. The van der Waals surface area contributed by atoms with Gasteiger partial charge in [0, 0.05) is 10.9 Å². The number of rotatable bonds is 3. The summed E-state index contributed by atoms with van der Waals surface area (Å²) in [5.74, 6) is -2.31. The number of hydrogen-bond donors (Lipinski definition) is 1. The Kier molecular flexibility index (Phi) is 4.34. The number of carbonyl (C=O) groups is 1. The van der Waals surface area contributed by atoms with Crippen LogP contribution in [0.4, 0.5) is 13.9 Å². The van der Waals surface area contributed by atoms with Crippen molar-refractivity contribution in [1.82, 2.24) is 20.0 Å². The molecule has 6 nitrogen and oxygen atoms in total. The second kappa shape index (κ2) is 6.32. The van der Waals surface area contributed by atoms with Crippen LogP contribution in [-0.4, -0.2) is 25.9 Å². The Labute approximate surface area is 146 Å². The molecule has 0 saturated carbocycles. The van der Waals surface area contributed by atoms with Gasteiger partial charge in [-0.3, -0.25) is 10.1 Å². The number of amides is 1. The zero-order valence-electron chi connectivity index (χ0n) is 13.7. The molecule has 1 amide bonds. The third-order valence-corrected chi connectivity index (χ3v) is 4.11. The first-order valence-corrected chi connectivity index (χ1v) is 8.27. The highest BCUT2D eigenvalue weighted by Gasteiger charge is 2.19. The minimum Gasteiger partial charge on any atom is -0.296 e. The molecule has 2 aromatic heterocycles. The Morgan fingerprint density at radius 1 is 1.24 bits per heavy atom. The Bertz CT molecular complexity index is 929. The van der Waals surface area contributed by atoms with Crippen molar-refractivity contribution in [3.8, 4) is 11.3 Å². The van der Waals surface area contributed by atoms with Gasteiger partial charge in [0.1, 0.15) is 0 Å². The van der Waals surface area contributed by atoms with E-state index in [9.17, 15) is 13.6 Å². The van der Waals surface area contributed by atoms with Crippen LogP contribution in [0.5, 0.6) is 0 Å². The predicted octanol–water partition coefficient (Wildman–Crippen LogP) is 3.69. The van der Waals surface area contributed by atoms with Crippen molar-refractivity contribution >= 4 is 22.4 Å². The maximum Gasteiger partial charge on any atom is 0.279 e. The number of benzene rings is 1. The van der Waals surface area contributed by atoms with E-state index in [1.807, 2.05) is 20.8 Å². The molecule has 0 saturated heterocycles. The molecule has 0 unspecified atom stereocenters. The molecule has 0 aliphatic rings. The summed E-state index contributed by atoms with van der Waals surface area (Å²) in [4.78, 5) is 16.4. The van der Waals surface area contributed by atoms with Crippen molar-refractivity contribution in [3.05, 3.63) is 47.1 Å². The van der Waals surface area contributed by atoms with Crippen LogP contribution < -0.4 is 5.32 Å². The fourth-order valence-corrected chi connectivity index (χ4v) is 2.69. The van der Waals surface area contributed by atoms with Gasteiger partial charge in [-0.05, 0) is 39.0 Å². The monoisotopic (exact) mass is 363 g/mol. The first-order valence-electron chi connectivity index (χ1n) is 7.39. The highest BCUT2D eigenvalue weighted by molar-refractivity contribution is 7.14. The first kappa shape index (κ1) is 17.2. The van der Waals surface area contributed by atoms with Gasteiger partial charge >= 0.3 is 0 Å². The Balaban J connectivity index is 1.75. The zero-order chi connectivity index (χ0) is 18.2. The molecule has 1 aromatic carbocycles. The van der Waals surface area contributed by atoms with Crippen LogP contribution in [0.2, 0.25) is 0 Å². The number of anilines is 1. The molecule has 130 valence electrons. The summed E-state index contributed by atoms with van der Waals surface area (Å²) in [7, 11) is 0. The van der Waals surface area contributed by atoms with E-state index < -0.39 is 17.5 Å². The summed E-state index contributed by atoms with van der Waals surface area (Å²) in [5, 5.41) is 12.4. The average Bonchev–Trinajstić information content (AvgIpc) is 3.18. The van der Waals surface area contributed by atoms with Gasteiger partial charge in [-0.1, -0.05) is 5.21 Å². The molecule has 0 aliphatic heterocycles.